The summed E-state index contributed by atoms with van der Waals surface area (Å²) in [7, 11) is 0. The van der Waals surface area contributed by atoms with Crippen LogP contribution in [0.25, 0.3) is 10.9 Å². The van der Waals surface area contributed by atoms with E-state index in [2.05, 4.69) is 10.3 Å². The van der Waals surface area contributed by atoms with Crippen molar-refractivity contribution in [2.24, 2.45) is 0 Å². The van der Waals surface area contributed by atoms with Gasteiger partial charge in [0.05, 0.1) is 5.69 Å². The number of benzene rings is 1. The lowest BCUT2D eigenvalue weighted by molar-refractivity contribution is -0.105. The van der Waals surface area contributed by atoms with E-state index in [9.17, 15) is 9.59 Å². The van der Waals surface area contributed by atoms with E-state index < -0.39 is 0 Å². The van der Waals surface area contributed by atoms with E-state index >= 15 is 0 Å². The van der Waals surface area contributed by atoms with Gasteiger partial charge >= 0.3 is 0 Å². The molecule has 0 radical (unpaired) electrons. The summed E-state index contributed by atoms with van der Waals surface area (Å²) in [6.45, 7) is 0. The standard InChI is InChI=1S/C10H8N2O2/c13-5-9-4-7-3-8(11-6-14)1-2-10(7)12-9/h1-6,12H,(H,11,14). The number of amides is 1. The molecular formula is C10H8N2O2. The van der Waals surface area contributed by atoms with Crippen molar-refractivity contribution in [2.45, 2.75) is 0 Å². The normalized spacial score (nSPS) is 10.0. The van der Waals surface area contributed by atoms with Gasteiger partial charge in [0.25, 0.3) is 0 Å². The zero-order chi connectivity index (χ0) is 9.97. The molecule has 4 heteroatoms. The second-order valence-electron chi connectivity index (χ2n) is 2.91. The van der Waals surface area contributed by atoms with Crippen LogP contribution in [0.3, 0.4) is 0 Å². The molecule has 0 fully saturated rings. The Balaban J connectivity index is 2.53. The van der Waals surface area contributed by atoms with Crippen molar-refractivity contribution in [3.63, 3.8) is 0 Å². The number of carbonyl (C=O) groups excluding carboxylic acids is 2. The maximum absolute atomic E-state index is 10.5. The van der Waals surface area contributed by atoms with Crippen LogP contribution in [-0.2, 0) is 4.79 Å². The van der Waals surface area contributed by atoms with Gasteiger partial charge in [-0.05, 0) is 24.3 Å². The number of aldehydes is 1. The van der Waals surface area contributed by atoms with E-state index in [4.69, 9.17) is 0 Å². The summed E-state index contributed by atoms with van der Waals surface area (Å²) in [6, 6.07) is 7.11. The molecule has 0 atom stereocenters. The Hall–Kier alpha value is -2.10. The molecule has 0 saturated carbocycles. The molecule has 70 valence electrons. The summed E-state index contributed by atoms with van der Waals surface area (Å²) in [5.74, 6) is 0. The van der Waals surface area contributed by atoms with Crippen LogP contribution < -0.4 is 5.32 Å². The van der Waals surface area contributed by atoms with Crippen molar-refractivity contribution < 1.29 is 9.59 Å². The van der Waals surface area contributed by atoms with Crippen LogP contribution in [0.1, 0.15) is 10.5 Å². The number of rotatable bonds is 3. The predicted octanol–water partition coefficient (Wildman–Crippen LogP) is 1.55. The molecule has 0 aliphatic carbocycles. The SMILES string of the molecule is O=CNc1ccc2[nH]c(C=O)cc2c1. The molecule has 2 aromatic rings. The summed E-state index contributed by atoms with van der Waals surface area (Å²) >= 11 is 0. The fourth-order valence-electron chi connectivity index (χ4n) is 1.38. The van der Waals surface area contributed by atoms with Gasteiger partial charge < -0.3 is 10.3 Å². The van der Waals surface area contributed by atoms with Crippen molar-refractivity contribution in [3.05, 3.63) is 30.0 Å². The average Bonchev–Trinajstić information content (AvgIpc) is 2.60. The van der Waals surface area contributed by atoms with Crippen molar-refractivity contribution in [2.75, 3.05) is 5.32 Å². The molecule has 0 bridgehead atoms. The highest BCUT2D eigenvalue weighted by Gasteiger charge is 2.00. The van der Waals surface area contributed by atoms with E-state index in [1.807, 2.05) is 6.07 Å². The summed E-state index contributed by atoms with van der Waals surface area (Å²) in [4.78, 5) is 23.6. The lowest BCUT2D eigenvalue weighted by atomic mass is 10.2. The molecule has 2 rings (SSSR count). The van der Waals surface area contributed by atoms with E-state index in [-0.39, 0.29) is 0 Å². The molecule has 14 heavy (non-hydrogen) atoms. The Labute approximate surface area is 79.9 Å². The third-order valence-corrected chi connectivity index (χ3v) is 1.99. The van der Waals surface area contributed by atoms with Gasteiger partial charge in [0.15, 0.2) is 6.29 Å². The number of anilines is 1. The monoisotopic (exact) mass is 188 g/mol. The number of hydrogen-bond donors (Lipinski definition) is 2. The van der Waals surface area contributed by atoms with Gasteiger partial charge in [-0.25, -0.2) is 0 Å². The van der Waals surface area contributed by atoms with Crippen LogP contribution in [0.4, 0.5) is 5.69 Å². The van der Waals surface area contributed by atoms with Crippen molar-refractivity contribution in [1.82, 2.24) is 4.98 Å². The molecule has 1 heterocycles. The number of hydrogen-bond acceptors (Lipinski definition) is 2. The summed E-state index contributed by atoms with van der Waals surface area (Å²) in [6.07, 6.45) is 1.38. The number of aromatic amines is 1. The zero-order valence-electron chi connectivity index (χ0n) is 7.28. The topological polar surface area (TPSA) is 62.0 Å². The lowest BCUT2D eigenvalue weighted by Gasteiger charge is -1.96. The van der Waals surface area contributed by atoms with Gasteiger partial charge in [-0.1, -0.05) is 0 Å². The quantitative estimate of drug-likeness (QED) is 0.718. The van der Waals surface area contributed by atoms with Crippen LogP contribution in [0.15, 0.2) is 24.3 Å². The lowest BCUT2D eigenvalue weighted by Crippen LogP contribution is -1.92. The number of fused-ring (bicyclic) bond motifs is 1. The third-order valence-electron chi connectivity index (χ3n) is 1.99. The van der Waals surface area contributed by atoms with Crippen molar-refractivity contribution >= 4 is 29.3 Å². The molecule has 0 unspecified atom stereocenters. The van der Waals surface area contributed by atoms with Gasteiger partial charge in [-0.3, -0.25) is 9.59 Å². The Morgan fingerprint density at radius 2 is 2.07 bits per heavy atom. The first kappa shape index (κ1) is 8.50. The van der Waals surface area contributed by atoms with Crippen molar-refractivity contribution in [1.29, 1.82) is 0 Å². The molecule has 0 aliphatic rings. The molecule has 1 aromatic heterocycles. The molecule has 0 saturated heterocycles. The smallest absolute Gasteiger partial charge is 0.211 e. The van der Waals surface area contributed by atoms with Gasteiger partial charge in [-0.15, -0.1) is 0 Å². The van der Waals surface area contributed by atoms with E-state index in [0.717, 1.165) is 17.2 Å². The van der Waals surface area contributed by atoms with Crippen LogP contribution in [0, 0.1) is 0 Å². The maximum atomic E-state index is 10.5. The van der Waals surface area contributed by atoms with E-state index in [1.165, 1.54) is 0 Å². The van der Waals surface area contributed by atoms with Crippen LogP contribution >= 0.6 is 0 Å². The number of nitrogens with one attached hydrogen (secondary N) is 2. The van der Waals surface area contributed by atoms with Gasteiger partial charge in [0.1, 0.15) is 0 Å². The molecular weight excluding hydrogens is 180 g/mol. The minimum atomic E-state index is 0.531. The van der Waals surface area contributed by atoms with Crippen LogP contribution in [0.5, 0.6) is 0 Å². The van der Waals surface area contributed by atoms with E-state index in [1.54, 1.807) is 18.2 Å². The fourth-order valence-corrected chi connectivity index (χ4v) is 1.38. The maximum Gasteiger partial charge on any atom is 0.211 e. The number of H-pyrrole nitrogens is 1. The van der Waals surface area contributed by atoms with Gasteiger partial charge in [0.2, 0.25) is 6.41 Å². The minimum absolute atomic E-state index is 0.531. The highest BCUT2D eigenvalue weighted by atomic mass is 16.1. The minimum Gasteiger partial charge on any atom is -0.352 e. The van der Waals surface area contributed by atoms with Crippen LogP contribution in [-0.4, -0.2) is 17.7 Å². The number of carbonyl (C=O) groups is 2. The largest absolute Gasteiger partial charge is 0.352 e. The Kier molecular flexibility index (Phi) is 2.02. The summed E-state index contributed by atoms with van der Waals surface area (Å²) in [5.41, 5.74) is 2.12. The highest BCUT2D eigenvalue weighted by molar-refractivity contribution is 5.91. The van der Waals surface area contributed by atoms with Crippen molar-refractivity contribution in [3.8, 4) is 0 Å². The first-order chi connectivity index (χ1) is 6.83. The Morgan fingerprint density at radius 1 is 1.21 bits per heavy atom. The van der Waals surface area contributed by atoms with Crippen LogP contribution in [0.2, 0.25) is 0 Å². The molecule has 1 aromatic carbocycles. The second kappa shape index (κ2) is 3.33. The average molecular weight is 188 g/mol. The molecule has 2 N–H and O–H groups in total. The Bertz CT molecular complexity index is 488. The molecule has 0 aliphatic heterocycles. The second-order valence-corrected chi connectivity index (χ2v) is 2.91. The molecule has 4 nitrogen and oxygen atoms in total. The summed E-state index contributed by atoms with van der Waals surface area (Å²) in [5, 5.41) is 3.45. The van der Waals surface area contributed by atoms with Gasteiger partial charge in [-0.2, -0.15) is 0 Å². The first-order valence-electron chi connectivity index (χ1n) is 4.11. The molecule has 0 spiro atoms. The molecule has 1 amide bonds. The highest BCUT2D eigenvalue weighted by Crippen LogP contribution is 2.18. The fraction of sp³-hybridized carbons (Fsp3) is 0. The predicted molar refractivity (Wildman–Crippen MR) is 53.4 cm³/mol. The summed E-state index contributed by atoms with van der Waals surface area (Å²) < 4.78 is 0. The number of aromatic nitrogens is 1. The van der Waals surface area contributed by atoms with Gasteiger partial charge in [0, 0.05) is 16.6 Å². The zero-order valence-corrected chi connectivity index (χ0v) is 7.28. The first-order valence-corrected chi connectivity index (χ1v) is 4.11. The van der Waals surface area contributed by atoms with E-state index in [0.29, 0.717) is 17.8 Å². The third kappa shape index (κ3) is 1.37. The Morgan fingerprint density at radius 3 is 2.79 bits per heavy atom.